The molecular weight excluding hydrogens is 346 g/mol. The molecule has 0 bridgehead atoms. The van der Waals surface area contributed by atoms with E-state index in [1.807, 2.05) is 31.2 Å². The predicted molar refractivity (Wildman–Crippen MR) is 95.1 cm³/mol. The van der Waals surface area contributed by atoms with Crippen LogP contribution in [0, 0.1) is 11.3 Å². The van der Waals surface area contributed by atoms with Crippen molar-refractivity contribution in [2.75, 3.05) is 11.9 Å². The number of anilines is 1. The largest absolute Gasteiger partial charge is 0.490 e. The SMILES string of the molecule is CCOc1ccccc1OC1CCCC1Nc1snc(Cl)c1C#N. The molecule has 3 rings (SSSR count). The van der Waals surface area contributed by atoms with Crippen molar-refractivity contribution in [1.29, 1.82) is 5.26 Å². The highest BCUT2D eigenvalue weighted by atomic mass is 35.5. The first-order valence-electron chi connectivity index (χ1n) is 7.93. The monoisotopic (exact) mass is 363 g/mol. The van der Waals surface area contributed by atoms with E-state index in [0.29, 0.717) is 17.2 Å². The molecule has 2 unspecified atom stereocenters. The molecule has 0 radical (unpaired) electrons. The van der Waals surface area contributed by atoms with Gasteiger partial charge in [0.1, 0.15) is 22.7 Å². The van der Waals surface area contributed by atoms with Crippen LogP contribution < -0.4 is 14.8 Å². The molecule has 1 aliphatic rings. The molecule has 126 valence electrons. The predicted octanol–water partition coefficient (Wildman–Crippen LogP) is 4.48. The van der Waals surface area contributed by atoms with E-state index in [9.17, 15) is 5.26 Å². The van der Waals surface area contributed by atoms with Crippen molar-refractivity contribution >= 4 is 28.1 Å². The number of nitrogens with one attached hydrogen (secondary N) is 1. The van der Waals surface area contributed by atoms with E-state index in [1.54, 1.807) is 0 Å². The van der Waals surface area contributed by atoms with E-state index in [2.05, 4.69) is 15.8 Å². The molecule has 1 fully saturated rings. The van der Waals surface area contributed by atoms with Gasteiger partial charge in [0, 0.05) is 0 Å². The maximum atomic E-state index is 9.20. The second-order valence-corrected chi connectivity index (χ2v) is 6.64. The number of aromatic nitrogens is 1. The Morgan fingerprint density at radius 1 is 1.38 bits per heavy atom. The highest BCUT2D eigenvalue weighted by molar-refractivity contribution is 7.10. The highest BCUT2D eigenvalue weighted by Gasteiger charge is 2.31. The van der Waals surface area contributed by atoms with Crippen molar-refractivity contribution in [3.05, 3.63) is 35.0 Å². The molecule has 0 saturated heterocycles. The summed E-state index contributed by atoms with van der Waals surface area (Å²) in [5.74, 6) is 1.50. The van der Waals surface area contributed by atoms with Gasteiger partial charge in [-0.1, -0.05) is 23.7 Å². The molecule has 1 aromatic heterocycles. The molecule has 1 aromatic carbocycles. The Kier molecular flexibility index (Phi) is 5.44. The molecule has 0 amide bonds. The number of nitriles is 1. The third-order valence-corrected chi connectivity index (χ3v) is 5.11. The molecule has 1 saturated carbocycles. The van der Waals surface area contributed by atoms with Gasteiger partial charge in [-0.25, -0.2) is 0 Å². The van der Waals surface area contributed by atoms with Crippen LogP contribution in [0.2, 0.25) is 5.15 Å². The molecule has 24 heavy (non-hydrogen) atoms. The van der Waals surface area contributed by atoms with Crippen LogP contribution in [0.25, 0.3) is 0 Å². The first kappa shape index (κ1) is 16.9. The molecule has 7 heteroatoms. The Balaban J connectivity index is 1.73. The Bertz CT molecular complexity index is 744. The standard InChI is InChI=1S/C17H18ClN3O2S/c1-2-22-14-7-3-4-8-15(14)23-13-9-5-6-12(13)20-17-11(10-19)16(18)21-24-17/h3-4,7-8,12-13,20H,2,5-6,9H2,1H3. The third-order valence-electron chi connectivity index (χ3n) is 3.96. The summed E-state index contributed by atoms with van der Waals surface area (Å²) >= 11 is 7.15. The molecule has 1 heterocycles. The first-order chi connectivity index (χ1) is 11.7. The maximum Gasteiger partial charge on any atom is 0.162 e. The van der Waals surface area contributed by atoms with Crippen molar-refractivity contribution in [1.82, 2.24) is 4.37 Å². The Labute approximate surface area is 150 Å². The van der Waals surface area contributed by atoms with E-state index in [1.165, 1.54) is 11.5 Å². The molecule has 5 nitrogen and oxygen atoms in total. The average molecular weight is 364 g/mol. The second-order valence-electron chi connectivity index (χ2n) is 5.51. The van der Waals surface area contributed by atoms with Crippen LogP contribution in [0.4, 0.5) is 5.00 Å². The van der Waals surface area contributed by atoms with Gasteiger partial charge in [0.15, 0.2) is 16.7 Å². The lowest BCUT2D eigenvalue weighted by atomic mass is 10.2. The molecule has 0 spiro atoms. The zero-order valence-corrected chi connectivity index (χ0v) is 14.9. The number of nitrogens with zero attached hydrogens (tertiary/aromatic N) is 2. The van der Waals surface area contributed by atoms with Crippen LogP contribution in [0.3, 0.4) is 0 Å². The fraction of sp³-hybridized carbons (Fsp3) is 0.412. The zero-order chi connectivity index (χ0) is 16.9. The molecular formula is C17H18ClN3O2S. The van der Waals surface area contributed by atoms with E-state index in [4.69, 9.17) is 21.1 Å². The van der Waals surface area contributed by atoms with E-state index < -0.39 is 0 Å². The zero-order valence-electron chi connectivity index (χ0n) is 13.3. The number of halogens is 1. The molecule has 1 aliphatic carbocycles. The van der Waals surface area contributed by atoms with Gasteiger partial charge in [0.25, 0.3) is 0 Å². The van der Waals surface area contributed by atoms with Crippen molar-refractivity contribution < 1.29 is 9.47 Å². The van der Waals surface area contributed by atoms with Crippen molar-refractivity contribution in [2.24, 2.45) is 0 Å². The van der Waals surface area contributed by atoms with Crippen LogP contribution in [-0.4, -0.2) is 23.1 Å². The van der Waals surface area contributed by atoms with Crippen LogP contribution in [0.5, 0.6) is 11.5 Å². The van der Waals surface area contributed by atoms with Gasteiger partial charge in [0.2, 0.25) is 0 Å². The number of hydrogen-bond donors (Lipinski definition) is 1. The van der Waals surface area contributed by atoms with Crippen LogP contribution >= 0.6 is 23.1 Å². The number of ether oxygens (including phenoxy) is 2. The Morgan fingerprint density at radius 3 is 2.92 bits per heavy atom. The van der Waals surface area contributed by atoms with Gasteiger partial charge in [-0.15, -0.1) is 0 Å². The molecule has 1 N–H and O–H groups in total. The normalized spacial score (nSPS) is 19.7. The summed E-state index contributed by atoms with van der Waals surface area (Å²) in [5.41, 5.74) is 0.405. The lowest BCUT2D eigenvalue weighted by molar-refractivity contribution is 0.187. The lowest BCUT2D eigenvalue weighted by Crippen LogP contribution is -2.33. The summed E-state index contributed by atoms with van der Waals surface area (Å²) in [7, 11) is 0. The highest BCUT2D eigenvalue weighted by Crippen LogP contribution is 2.35. The van der Waals surface area contributed by atoms with Crippen molar-refractivity contribution in [3.8, 4) is 17.6 Å². The lowest BCUT2D eigenvalue weighted by Gasteiger charge is -2.23. The summed E-state index contributed by atoms with van der Waals surface area (Å²) in [5, 5.41) is 13.6. The summed E-state index contributed by atoms with van der Waals surface area (Å²) in [4.78, 5) is 0. The molecule has 2 atom stereocenters. The fourth-order valence-electron chi connectivity index (χ4n) is 2.85. The second kappa shape index (κ2) is 7.73. The van der Waals surface area contributed by atoms with E-state index in [0.717, 1.165) is 30.8 Å². The van der Waals surface area contributed by atoms with Gasteiger partial charge < -0.3 is 14.8 Å². The fourth-order valence-corrected chi connectivity index (χ4v) is 3.85. The average Bonchev–Trinajstić information content (AvgIpc) is 3.16. The topological polar surface area (TPSA) is 67.2 Å². The van der Waals surface area contributed by atoms with E-state index >= 15 is 0 Å². The number of hydrogen-bond acceptors (Lipinski definition) is 6. The summed E-state index contributed by atoms with van der Waals surface area (Å²) in [6.45, 7) is 2.55. The minimum absolute atomic E-state index is 0.0130. The minimum Gasteiger partial charge on any atom is -0.490 e. The van der Waals surface area contributed by atoms with Gasteiger partial charge in [-0.3, -0.25) is 0 Å². The van der Waals surface area contributed by atoms with Gasteiger partial charge in [-0.05, 0) is 49.9 Å². The first-order valence-corrected chi connectivity index (χ1v) is 9.08. The van der Waals surface area contributed by atoms with E-state index in [-0.39, 0.29) is 17.3 Å². The number of para-hydroxylation sites is 2. The van der Waals surface area contributed by atoms with Crippen LogP contribution in [-0.2, 0) is 0 Å². The quantitative estimate of drug-likeness (QED) is 0.819. The van der Waals surface area contributed by atoms with Crippen molar-refractivity contribution in [2.45, 2.75) is 38.3 Å². The third kappa shape index (κ3) is 3.58. The van der Waals surface area contributed by atoms with Gasteiger partial charge in [0.05, 0.1) is 12.6 Å². The Hall–Kier alpha value is -1.97. The van der Waals surface area contributed by atoms with Crippen LogP contribution in [0.15, 0.2) is 24.3 Å². The smallest absolute Gasteiger partial charge is 0.162 e. The molecule has 2 aromatic rings. The number of benzene rings is 1. The van der Waals surface area contributed by atoms with Crippen LogP contribution in [0.1, 0.15) is 31.7 Å². The van der Waals surface area contributed by atoms with Gasteiger partial charge in [-0.2, -0.15) is 9.64 Å². The van der Waals surface area contributed by atoms with Gasteiger partial charge >= 0.3 is 0 Å². The number of rotatable bonds is 6. The minimum atomic E-state index is 0.0130. The van der Waals surface area contributed by atoms with Crippen molar-refractivity contribution in [3.63, 3.8) is 0 Å². The molecule has 0 aliphatic heterocycles. The summed E-state index contributed by atoms with van der Waals surface area (Å²) in [6.07, 6.45) is 3.00. The summed E-state index contributed by atoms with van der Waals surface area (Å²) < 4.78 is 15.9. The summed E-state index contributed by atoms with van der Waals surface area (Å²) in [6, 6.07) is 9.91. The maximum absolute atomic E-state index is 9.20. The Morgan fingerprint density at radius 2 is 2.17 bits per heavy atom.